The fourth-order valence-electron chi connectivity index (χ4n) is 7.17. The lowest BCUT2D eigenvalue weighted by molar-refractivity contribution is 0.0513. The first-order chi connectivity index (χ1) is 35.4. The van der Waals surface area contributed by atoms with Crippen LogP contribution in [-0.2, 0) is 24.4 Å². The molecule has 0 radical (unpaired) electrons. The summed E-state index contributed by atoms with van der Waals surface area (Å²) in [6.07, 6.45) is 0.0919. The number of rotatable bonds is 23. The van der Waals surface area contributed by atoms with Gasteiger partial charge in [0.25, 0.3) is 0 Å². The summed E-state index contributed by atoms with van der Waals surface area (Å²) in [6, 6.07) is 26.5. The van der Waals surface area contributed by atoms with E-state index in [1.165, 1.54) is 5.56 Å². The van der Waals surface area contributed by atoms with Crippen LogP contribution in [0.25, 0.3) is 33.4 Å². The molecule has 0 unspecified atom stereocenters. The molecule has 0 aliphatic rings. The molecule has 4 amide bonds. The highest BCUT2D eigenvalue weighted by molar-refractivity contribution is 5.83. The summed E-state index contributed by atoms with van der Waals surface area (Å²) < 4.78 is 47.0. The van der Waals surface area contributed by atoms with E-state index in [4.69, 9.17) is 37.9 Å². The van der Waals surface area contributed by atoms with Crippen LogP contribution in [0.2, 0.25) is 0 Å². The van der Waals surface area contributed by atoms with Gasteiger partial charge in [-0.05, 0) is 196 Å². The van der Waals surface area contributed by atoms with Gasteiger partial charge in [-0.2, -0.15) is 0 Å². The van der Waals surface area contributed by atoms with E-state index in [1.54, 1.807) is 0 Å². The van der Waals surface area contributed by atoms with E-state index in [9.17, 15) is 19.2 Å². The van der Waals surface area contributed by atoms with Crippen LogP contribution in [0, 0.1) is 0 Å². The molecule has 4 aromatic carbocycles. The molecule has 0 saturated carbocycles. The van der Waals surface area contributed by atoms with E-state index in [1.807, 2.05) is 119 Å². The lowest BCUT2D eigenvalue weighted by Gasteiger charge is -2.20. The summed E-state index contributed by atoms with van der Waals surface area (Å²) >= 11 is 0. The third kappa shape index (κ3) is 24.7. The number of carbonyl (C=O) groups is 4. The highest BCUT2D eigenvalue weighted by Gasteiger charge is 2.20. The van der Waals surface area contributed by atoms with E-state index < -0.39 is 46.8 Å². The van der Waals surface area contributed by atoms with Gasteiger partial charge in [-0.1, -0.05) is 45.0 Å². The SMILES string of the molecule is CC(C)(C)OC(=O)NCCCOc1cc(OCCCNC(=O)OC(C)(C)C)cc(-c2cc(-c3ccc(C(C)(C)C)cc3)cc(-c3cc(OCCCNC(=O)OC(C)(C)C)cc(OCCCNC(=O)OC(C)(C)C)c3)c2)c1. The molecule has 4 rings (SSSR count). The Morgan fingerprint density at radius 1 is 0.329 bits per heavy atom. The van der Waals surface area contributed by atoms with E-state index in [0.29, 0.717) is 101 Å². The van der Waals surface area contributed by atoms with E-state index >= 15 is 0 Å². The average Bonchev–Trinajstić information content (AvgIpc) is 3.28. The standard InChI is InChI=1S/C60H86N4O12/c1-56(2,3)47-22-20-41(21-23-47)42-32-43(45-35-48(69-28-16-24-61-52(65)73-57(4,5)6)39-49(36-45)70-29-17-25-62-53(66)74-58(7,8)9)34-44(33-42)46-37-50(71-30-18-26-63-54(67)75-59(10,11)12)40-51(38-46)72-31-19-27-64-55(68)76-60(13,14)15/h20-23,32-40H,16-19,24-31H2,1-15H3,(H,61,65)(H,62,66)(H,63,67)(H,64,68). The summed E-state index contributed by atoms with van der Waals surface area (Å²) in [4.78, 5) is 49.3. The van der Waals surface area contributed by atoms with Gasteiger partial charge in [0, 0.05) is 38.3 Å². The zero-order valence-electron chi connectivity index (χ0n) is 47.9. The molecule has 0 heterocycles. The van der Waals surface area contributed by atoms with Crippen LogP contribution < -0.4 is 40.2 Å². The number of amides is 4. The van der Waals surface area contributed by atoms with Gasteiger partial charge < -0.3 is 59.2 Å². The van der Waals surface area contributed by atoms with Crippen LogP contribution in [0.3, 0.4) is 0 Å². The Morgan fingerprint density at radius 2 is 0.566 bits per heavy atom. The minimum atomic E-state index is -0.615. The average molecular weight is 1060 g/mol. The van der Waals surface area contributed by atoms with Crippen molar-refractivity contribution in [3.8, 4) is 56.4 Å². The van der Waals surface area contributed by atoms with Crippen molar-refractivity contribution in [3.05, 3.63) is 84.4 Å². The molecular weight excluding hydrogens is 969 g/mol. The van der Waals surface area contributed by atoms with Crippen molar-refractivity contribution < 1.29 is 57.1 Å². The van der Waals surface area contributed by atoms with Gasteiger partial charge >= 0.3 is 24.4 Å². The van der Waals surface area contributed by atoms with Gasteiger partial charge in [0.1, 0.15) is 45.4 Å². The molecule has 0 spiro atoms. The third-order valence-electron chi connectivity index (χ3n) is 10.5. The van der Waals surface area contributed by atoms with Gasteiger partial charge in [-0.25, -0.2) is 19.2 Å². The van der Waals surface area contributed by atoms with Gasteiger partial charge in [-0.3, -0.25) is 0 Å². The largest absolute Gasteiger partial charge is 0.493 e. The highest BCUT2D eigenvalue weighted by atomic mass is 16.6. The maximum Gasteiger partial charge on any atom is 0.407 e. The smallest absolute Gasteiger partial charge is 0.407 e. The third-order valence-corrected chi connectivity index (χ3v) is 10.5. The second kappa shape index (κ2) is 27.8. The van der Waals surface area contributed by atoms with Crippen LogP contribution in [0.15, 0.2) is 78.9 Å². The predicted octanol–water partition coefficient (Wildman–Crippen LogP) is 13.2. The summed E-state index contributed by atoms with van der Waals surface area (Å²) in [5, 5.41) is 11.2. The molecule has 0 aliphatic heterocycles. The molecule has 76 heavy (non-hydrogen) atoms. The first kappa shape index (κ1) is 61.7. The van der Waals surface area contributed by atoms with Crippen molar-refractivity contribution >= 4 is 24.4 Å². The van der Waals surface area contributed by atoms with Crippen molar-refractivity contribution in [2.24, 2.45) is 0 Å². The van der Waals surface area contributed by atoms with Crippen LogP contribution in [0.4, 0.5) is 19.2 Å². The van der Waals surface area contributed by atoms with Crippen LogP contribution in [0.5, 0.6) is 23.0 Å². The Balaban J connectivity index is 1.74. The molecule has 418 valence electrons. The topological polar surface area (TPSA) is 190 Å². The molecule has 0 saturated heterocycles. The quantitative estimate of drug-likeness (QED) is 0.0407. The summed E-state index contributed by atoms with van der Waals surface area (Å²) in [6.45, 7) is 30.9. The molecule has 0 bridgehead atoms. The first-order valence-corrected chi connectivity index (χ1v) is 26.4. The Kier molecular flexibility index (Phi) is 22.6. The molecule has 0 fully saturated rings. The summed E-state index contributed by atoms with van der Waals surface area (Å²) in [5.41, 5.74) is 4.04. The summed E-state index contributed by atoms with van der Waals surface area (Å²) in [5.74, 6) is 2.25. The van der Waals surface area contributed by atoms with E-state index in [-0.39, 0.29) is 5.41 Å². The fourth-order valence-corrected chi connectivity index (χ4v) is 7.17. The lowest BCUT2D eigenvalue weighted by atomic mass is 9.86. The number of carbonyl (C=O) groups excluding carboxylic acids is 4. The summed E-state index contributed by atoms with van der Waals surface area (Å²) in [7, 11) is 0. The van der Waals surface area contributed by atoms with Crippen molar-refractivity contribution in [1.29, 1.82) is 0 Å². The molecule has 0 aliphatic carbocycles. The Morgan fingerprint density at radius 3 is 0.803 bits per heavy atom. The van der Waals surface area contributed by atoms with Gasteiger partial charge in [0.15, 0.2) is 0 Å². The van der Waals surface area contributed by atoms with Gasteiger partial charge in [0.2, 0.25) is 0 Å². The predicted molar refractivity (Wildman–Crippen MR) is 299 cm³/mol. The maximum absolute atomic E-state index is 12.3. The second-order valence-corrected chi connectivity index (χ2v) is 23.5. The molecular formula is C60H86N4O12. The van der Waals surface area contributed by atoms with Crippen molar-refractivity contribution in [2.75, 3.05) is 52.6 Å². The number of ether oxygens (including phenoxy) is 8. The van der Waals surface area contributed by atoms with Crippen molar-refractivity contribution in [3.63, 3.8) is 0 Å². The van der Waals surface area contributed by atoms with Crippen LogP contribution >= 0.6 is 0 Å². The zero-order valence-corrected chi connectivity index (χ0v) is 47.9. The molecule has 16 heteroatoms. The Hall–Kier alpha value is -6.84. The Bertz CT molecular complexity index is 2250. The molecule has 16 nitrogen and oxygen atoms in total. The first-order valence-electron chi connectivity index (χ1n) is 26.4. The van der Waals surface area contributed by atoms with Crippen molar-refractivity contribution in [1.82, 2.24) is 21.3 Å². The zero-order chi connectivity index (χ0) is 56.3. The second-order valence-electron chi connectivity index (χ2n) is 23.5. The molecule has 4 N–H and O–H groups in total. The Labute approximate surface area is 451 Å². The number of benzene rings is 4. The highest BCUT2D eigenvalue weighted by Crippen LogP contribution is 2.39. The van der Waals surface area contributed by atoms with Crippen LogP contribution in [0.1, 0.15) is 135 Å². The number of hydrogen-bond donors (Lipinski definition) is 4. The normalized spacial score (nSPS) is 11.9. The van der Waals surface area contributed by atoms with Crippen LogP contribution in [-0.4, -0.2) is 99.4 Å². The van der Waals surface area contributed by atoms with E-state index in [2.05, 4.69) is 84.5 Å². The minimum Gasteiger partial charge on any atom is -0.493 e. The molecule has 0 aromatic heterocycles. The van der Waals surface area contributed by atoms with E-state index in [0.717, 1.165) is 33.4 Å². The number of nitrogens with one attached hydrogen (secondary N) is 4. The minimum absolute atomic E-state index is 0.0472. The molecule has 0 atom stereocenters. The van der Waals surface area contributed by atoms with Gasteiger partial charge in [-0.15, -0.1) is 0 Å². The van der Waals surface area contributed by atoms with Crippen molar-refractivity contribution in [2.45, 2.75) is 157 Å². The molecule has 4 aromatic rings. The number of alkyl carbamates (subject to hydrolysis) is 4. The maximum atomic E-state index is 12.3. The fraction of sp³-hybridized carbons (Fsp3) is 0.533. The van der Waals surface area contributed by atoms with Gasteiger partial charge in [0.05, 0.1) is 26.4 Å². The lowest BCUT2D eigenvalue weighted by Crippen LogP contribution is -2.33. The monoisotopic (exact) mass is 1050 g/mol. The number of hydrogen-bond acceptors (Lipinski definition) is 12.